The predicted octanol–water partition coefficient (Wildman–Crippen LogP) is 5.57. The lowest BCUT2D eigenvalue weighted by atomic mass is 9.99. The number of nitrogens with zero attached hydrogens (tertiary/aromatic N) is 1. The lowest BCUT2D eigenvalue weighted by Crippen LogP contribution is -2.31. The number of rotatable bonds is 14. The van der Waals surface area contributed by atoms with E-state index in [9.17, 15) is 24.6 Å². The highest BCUT2D eigenvalue weighted by Crippen LogP contribution is 2.40. The Morgan fingerprint density at radius 2 is 1.60 bits per heavy atom. The van der Waals surface area contributed by atoms with Crippen molar-refractivity contribution in [1.82, 2.24) is 15.8 Å². The number of aliphatic hydroxyl groups excluding tert-OH is 1. The first-order valence-corrected chi connectivity index (χ1v) is 16.5. The smallest absolute Gasteiger partial charge is 0.338 e. The van der Waals surface area contributed by atoms with Crippen LogP contribution in [0.2, 0.25) is 0 Å². The predicted molar refractivity (Wildman–Crippen MR) is 178 cm³/mol. The van der Waals surface area contributed by atoms with Crippen molar-refractivity contribution in [3.63, 3.8) is 0 Å². The van der Waals surface area contributed by atoms with Crippen LogP contribution < -0.4 is 10.8 Å². The zero-order chi connectivity index (χ0) is 33.9. The summed E-state index contributed by atoms with van der Waals surface area (Å²) in [5.74, 6) is -1.28. The van der Waals surface area contributed by atoms with Crippen LogP contribution in [0.15, 0.2) is 96.2 Å². The molecule has 0 bridgehead atoms. The molecule has 48 heavy (non-hydrogen) atoms. The van der Waals surface area contributed by atoms with E-state index in [1.54, 1.807) is 17.7 Å². The Morgan fingerprint density at radius 1 is 0.854 bits per heavy atom. The van der Waals surface area contributed by atoms with E-state index in [0.717, 1.165) is 33.4 Å². The molecule has 5 rings (SSSR count). The van der Waals surface area contributed by atoms with Gasteiger partial charge in [-0.15, -0.1) is 11.8 Å². The molecular weight excluding hydrogens is 634 g/mol. The van der Waals surface area contributed by atoms with Gasteiger partial charge in [-0.05, 0) is 58.5 Å². The summed E-state index contributed by atoms with van der Waals surface area (Å²) in [6, 6.07) is 26.5. The summed E-state index contributed by atoms with van der Waals surface area (Å²) < 4.78 is 13.0. The van der Waals surface area contributed by atoms with Crippen LogP contribution in [0.1, 0.15) is 70.7 Å². The number of hydrogen-bond acceptors (Lipinski definition) is 9. The number of carboxylic acid groups (broad SMARTS) is 1. The van der Waals surface area contributed by atoms with Gasteiger partial charge < -0.3 is 25.0 Å². The fourth-order valence-corrected chi connectivity index (χ4v) is 6.35. The number of carbonyl (C=O) groups excluding carboxylic acids is 2. The summed E-state index contributed by atoms with van der Waals surface area (Å²) in [4.78, 5) is 39.4. The topological polar surface area (TPSA) is 167 Å². The molecule has 1 aliphatic rings. The van der Waals surface area contributed by atoms with Crippen molar-refractivity contribution in [2.45, 2.75) is 62.4 Å². The molecule has 250 valence electrons. The zero-order valence-corrected chi connectivity index (χ0v) is 26.9. The van der Waals surface area contributed by atoms with Crippen molar-refractivity contribution >= 4 is 29.5 Å². The maximum absolute atomic E-state index is 12.2. The molecule has 0 saturated carbocycles. The summed E-state index contributed by atoms with van der Waals surface area (Å²) in [6.45, 7) is 0.266. The lowest BCUT2D eigenvalue weighted by Gasteiger charge is -2.36. The van der Waals surface area contributed by atoms with Crippen LogP contribution in [-0.2, 0) is 32.2 Å². The Bertz CT molecular complexity index is 1720. The number of carbonyl (C=O) groups is 3. The fourth-order valence-electron chi connectivity index (χ4n) is 5.34. The number of hydroxylamine groups is 1. The molecule has 2 heterocycles. The number of aliphatic hydroxyl groups is 1. The maximum atomic E-state index is 12.2. The number of nitrogens with one attached hydrogen (secondary N) is 2. The van der Waals surface area contributed by atoms with Crippen LogP contribution in [0.5, 0.6) is 0 Å². The van der Waals surface area contributed by atoms with Gasteiger partial charge in [-0.2, -0.15) is 0 Å². The zero-order valence-electron chi connectivity index (χ0n) is 26.1. The number of hydrogen-bond donors (Lipinski definition) is 5. The molecule has 2 amide bonds. The number of aromatic carboxylic acids is 1. The number of carboxylic acids is 1. The van der Waals surface area contributed by atoms with Crippen molar-refractivity contribution in [2.24, 2.45) is 0 Å². The second kappa shape index (κ2) is 17.0. The third-order valence-electron chi connectivity index (χ3n) is 7.86. The van der Waals surface area contributed by atoms with Gasteiger partial charge in [-0.25, -0.2) is 15.3 Å². The highest BCUT2D eigenvalue weighted by molar-refractivity contribution is 7.99. The number of benzene rings is 3. The molecule has 1 aliphatic heterocycles. The molecule has 3 unspecified atom stereocenters. The van der Waals surface area contributed by atoms with Crippen molar-refractivity contribution in [1.29, 1.82) is 0 Å². The van der Waals surface area contributed by atoms with Gasteiger partial charge in [0.15, 0.2) is 6.29 Å². The summed E-state index contributed by atoms with van der Waals surface area (Å²) in [6.07, 6.45) is 1.39. The normalized spacial score (nSPS) is 17.4. The fraction of sp³-hybridized carbons (Fsp3) is 0.278. The minimum Gasteiger partial charge on any atom is -0.478 e. The molecule has 11 nitrogen and oxygen atoms in total. The van der Waals surface area contributed by atoms with Gasteiger partial charge in [-0.1, -0.05) is 60.7 Å². The lowest BCUT2D eigenvalue weighted by molar-refractivity contribution is -0.245. The molecule has 1 fully saturated rings. The van der Waals surface area contributed by atoms with Gasteiger partial charge in [0.1, 0.15) is 5.03 Å². The van der Waals surface area contributed by atoms with Crippen LogP contribution in [0.25, 0.3) is 11.1 Å². The molecule has 3 aromatic carbocycles. The first kappa shape index (κ1) is 34.7. The van der Waals surface area contributed by atoms with Crippen molar-refractivity contribution < 1.29 is 39.3 Å². The van der Waals surface area contributed by atoms with Gasteiger partial charge in [0, 0.05) is 43.3 Å². The summed E-state index contributed by atoms with van der Waals surface area (Å²) in [7, 11) is 0. The maximum Gasteiger partial charge on any atom is 0.338 e. The molecule has 3 atom stereocenters. The molecule has 0 aliphatic carbocycles. The van der Waals surface area contributed by atoms with E-state index >= 15 is 0 Å². The SMILES string of the molecule is O=C(CCCC(=O)NCc1cccc(-c2cccc(C3OC(CSc4ncccc4C(=O)O)CC(c4ccc(CO)cc4)O3)c2)c1)NO. The number of aromatic nitrogens is 1. The average molecular weight is 672 g/mol. The number of amides is 2. The quantitative estimate of drug-likeness (QED) is 0.0650. The van der Waals surface area contributed by atoms with Crippen LogP contribution in [-0.4, -0.2) is 50.0 Å². The molecule has 1 aromatic heterocycles. The van der Waals surface area contributed by atoms with E-state index in [-0.39, 0.29) is 43.1 Å². The Kier molecular flexibility index (Phi) is 12.3. The van der Waals surface area contributed by atoms with Crippen molar-refractivity contribution in [2.75, 3.05) is 5.75 Å². The summed E-state index contributed by atoms with van der Waals surface area (Å²) in [5.41, 5.74) is 7.04. The van der Waals surface area contributed by atoms with Crippen LogP contribution in [0, 0.1) is 0 Å². The first-order chi connectivity index (χ1) is 23.3. The van der Waals surface area contributed by atoms with Gasteiger partial charge in [0.05, 0.1) is 24.4 Å². The van der Waals surface area contributed by atoms with Gasteiger partial charge >= 0.3 is 5.97 Å². The molecular formula is C36H37N3O8S. The van der Waals surface area contributed by atoms with E-state index in [4.69, 9.17) is 14.7 Å². The van der Waals surface area contributed by atoms with E-state index in [0.29, 0.717) is 30.2 Å². The Balaban J connectivity index is 1.31. The van der Waals surface area contributed by atoms with Crippen LogP contribution in [0.4, 0.5) is 0 Å². The highest BCUT2D eigenvalue weighted by atomic mass is 32.2. The van der Waals surface area contributed by atoms with Gasteiger partial charge in [0.2, 0.25) is 11.8 Å². The highest BCUT2D eigenvalue weighted by Gasteiger charge is 2.33. The van der Waals surface area contributed by atoms with Gasteiger partial charge in [-0.3, -0.25) is 14.8 Å². The number of thioether (sulfide) groups is 1. The molecule has 1 saturated heterocycles. The third-order valence-corrected chi connectivity index (χ3v) is 9.00. The molecule has 0 spiro atoms. The molecule has 5 N–H and O–H groups in total. The second-order valence-electron chi connectivity index (χ2n) is 11.3. The molecule has 4 aromatic rings. The summed E-state index contributed by atoms with van der Waals surface area (Å²) in [5, 5.41) is 31.0. The van der Waals surface area contributed by atoms with E-state index < -0.39 is 18.2 Å². The monoisotopic (exact) mass is 671 g/mol. The summed E-state index contributed by atoms with van der Waals surface area (Å²) >= 11 is 1.33. The molecule has 0 radical (unpaired) electrons. The minimum absolute atomic E-state index is 0.0569. The van der Waals surface area contributed by atoms with E-state index in [2.05, 4.69) is 10.3 Å². The largest absolute Gasteiger partial charge is 0.478 e. The second-order valence-corrected chi connectivity index (χ2v) is 12.3. The average Bonchev–Trinajstić information content (AvgIpc) is 3.13. The Morgan fingerprint density at radius 3 is 2.35 bits per heavy atom. The van der Waals surface area contributed by atoms with Crippen molar-refractivity contribution in [3.05, 3.63) is 119 Å². The first-order valence-electron chi connectivity index (χ1n) is 15.5. The van der Waals surface area contributed by atoms with E-state index in [1.165, 1.54) is 17.8 Å². The Labute approximate surface area is 282 Å². The van der Waals surface area contributed by atoms with Crippen LogP contribution >= 0.6 is 11.8 Å². The number of pyridine rings is 1. The Hall–Kier alpha value is -4.59. The van der Waals surface area contributed by atoms with Crippen molar-refractivity contribution in [3.8, 4) is 11.1 Å². The number of ether oxygens (including phenoxy) is 2. The van der Waals surface area contributed by atoms with Gasteiger partial charge in [0.25, 0.3) is 0 Å². The standard InChI is InChI=1S/C36H37N3O8S/c40-21-23-12-14-25(15-13-23)31-19-29(22-48-34-30(35(43)44)9-4-16-37-34)46-36(47-31)28-8-2-7-27(18-28)26-6-1-5-24(17-26)20-38-32(41)10-3-11-33(42)39-45/h1-2,4-9,12-18,29,31,36,40,45H,3,10-11,19-22H2,(H,38,41)(H,39,42)(H,43,44). The third kappa shape index (κ3) is 9.49. The van der Waals surface area contributed by atoms with E-state index in [1.807, 2.05) is 72.8 Å². The molecule has 12 heteroatoms. The van der Waals surface area contributed by atoms with Crippen LogP contribution in [0.3, 0.4) is 0 Å². The minimum atomic E-state index is -1.04.